The maximum Gasteiger partial charge on any atom is 0.0831 e. The molecular formula is C10H18O. The quantitative estimate of drug-likeness (QED) is 0.531. The van der Waals surface area contributed by atoms with Crippen molar-refractivity contribution in [2.24, 2.45) is 11.8 Å². The number of aliphatic hydroxyl groups is 1. The molecule has 1 nitrogen and oxygen atoms in total. The summed E-state index contributed by atoms with van der Waals surface area (Å²) >= 11 is 0. The largest absolute Gasteiger partial charge is 0.386 e. The van der Waals surface area contributed by atoms with Crippen LogP contribution < -0.4 is 0 Å². The Hall–Kier alpha value is -0.300. The molecule has 1 aliphatic rings. The molecule has 0 spiro atoms. The second kappa shape index (κ2) is 2.63. The molecule has 0 aromatic rings. The van der Waals surface area contributed by atoms with Crippen LogP contribution in [0.1, 0.15) is 33.6 Å². The number of hydrogen-bond donors (Lipinski definition) is 1. The first-order valence-corrected chi connectivity index (χ1v) is 4.35. The first-order chi connectivity index (χ1) is 4.93. The second-order valence-electron chi connectivity index (χ2n) is 4.25. The molecule has 1 heteroatoms. The lowest BCUT2D eigenvalue weighted by atomic mass is 9.71. The molecule has 3 unspecified atom stereocenters. The highest BCUT2D eigenvalue weighted by Gasteiger charge is 2.34. The summed E-state index contributed by atoms with van der Waals surface area (Å²) in [6.45, 7) is 10.1. The fourth-order valence-electron chi connectivity index (χ4n) is 2.17. The van der Waals surface area contributed by atoms with Crippen LogP contribution >= 0.6 is 0 Å². The van der Waals surface area contributed by atoms with Crippen molar-refractivity contribution in [2.75, 3.05) is 0 Å². The van der Waals surface area contributed by atoms with Crippen molar-refractivity contribution in [3.05, 3.63) is 12.2 Å². The standard InChI is InChI=1S/C10H18O/c1-7-5-8(2)9(3)10(4,11)6-7/h7-8,11H,3,5-6H2,1-2,4H3. The van der Waals surface area contributed by atoms with E-state index in [1.165, 1.54) is 6.42 Å². The zero-order valence-corrected chi connectivity index (χ0v) is 7.72. The van der Waals surface area contributed by atoms with Gasteiger partial charge in [0.25, 0.3) is 0 Å². The summed E-state index contributed by atoms with van der Waals surface area (Å²) in [7, 11) is 0. The van der Waals surface area contributed by atoms with Crippen LogP contribution in [0.25, 0.3) is 0 Å². The molecule has 11 heavy (non-hydrogen) atoms. The van der Waals surface area contributed by atoms with Crippen molar-refractivity contribution in [2.45, 2.75) is 39.2 Å². The maximum atomic E-state index is 9.88. The minimum absolute atomic E-state index is 0.480. The molecule has 0 aliphatic heterocycles. The van der Waals surface area contributed by atoms with Crippen molar-refractivity contribution in [1.29, 1.82) is 0 Å². The Morgan fingerprint density at radius 2 is 2.09 bits per heavy atom. The van der Waals surface area contributed by atoms with Gasteiger partial charge in [-0.3, -0.25) is 0 Å². The Balaban J connectivity index is 2.75. The van der Waals surface area contributed by atoms with Gasteiger partial charge in [0.1, 0.15) is 0 Å². The molecule has 1 saturated carbocycles. The van der Waals surface area contributed by atoms with Crippen molar-refractivity contribution in [1.82, 2.24) is 0 Å². The minimum atomic E-state index is -0.614. The lowest BCUT2D eigenvalue weighted by molar-refractivity contribution is 0.0394. The normalized spacial score (nSPS) is 46.0. The van der Waals surface area contributed by atoms with E-state index in [-0.39, 0.29) is 0 Å². The predicted octanol–water partition coefficient (Wildman–Crippen LogP) is 2.36. The van der Waals surface area contributed by atoms with Gasteiger partial charge in [-0.2, -0.15) is 0 Å². The summed E-state index contributed by atoms with van der Waals surface area (Å²) in [5.41, 5.74) is 0.396. The third-order valence-corrected chi connectivity index (χ3v) is 2.79. The molecule has 0 radical (unpaired) electrons. The van der Waals surface area contributed by atoms with Crippen LogP contribution in [0.4, 0.5) is 0 Å². The van der Waals surface area contributed by atoms with Crippen molar-refractivity contribution < 1.29 is 5.11 Å². The van der Waals surface area contributed by atoms with Gasteiger partial charge in [0.15, 0.2) is 0 Å². The minimum Gasteiger partial charge on any atom is -0.386 e. The Labute approximate surface area is 69.1 Å². The van der Waals surface area contributed by atoms with Gasteiger partial charge < -0.3 is 5.11 Å². The summed E-state index contributed by atoms with van der Waals surface area (Å²) in [6.07, 6.45) is 2.05. The van der Waals surface area contributed by atoms with Crippen molar-refractivity contribution >= 4 is 0 Å². The van der Waals surface area contributed by atoms with Gasteiger partial charge in [-0.25, -0.2) is 0 Å². The Morgan fingerprint density at radius 3 is 2.55 bits per heavy atom. The summed E-state index contributed by atoms with van der Waals surface area (Å²) in [5, 5.41) is 9.88. The van der Waals surface area contributed by atoms with Gasteiger partial charge in [-0.1, -0.05) is 20.4 Å². The first kappa shape index (κ1) is 8.79. The van der Waals surface area contributed by atoms with Crippen LogP contribution in [-0.2, 0) is 0 Å². The van der Waals surface area contributed by atoms with Gasteiger partial charge >= 0.3 is 0 Å². The Kier molecular flexibility index (Phi) is 2.10. The summed E-state index contributed by atoms with van der Waals surface area (Å²) in [6, 6.07) is 0. The molecule has 0 amide bonds. The van der Waals surface area contributed by atoms with E-state index in [4.69, 9.17) is 0 Å². The van der Waals surface area contributed by atoms with Gasteiger partial charge in [0.2, 0.25) is 0 Å². The van der Waals surface area contributed by atoms with Gasteiger partial charge in [-0.05, 0) is 37.2 Å². The van der Waals surface area contributed by atoms with E-state index in [1.807, 2.05) is 6.92 Å². The highest BCUT2D eigenvalue weighted by molar-refractivity contribution is 5.16. The van der Waals surface area contributed by atoms with E-state index >= 15 is 0 Å². The smallest absolute Gasteiger partial charge is 0.0831 e. The van der Waals surface area contributed by atoms with E-state index < -0.39 is 5.60 Å². The van der Waals surface area contributed by atoms with Crippen LogP contribution in [0, 0.1) is 11.8 Å². The van der Waals surface area contributed by atoms with Crippen molar-refractivity contribution in [3.63, 3.8) is 0 Å². The highest BCUT2D eigenvalue weighted by Crippen LogP contribution is 2.38. The molecule has 1 N–H and O–H groups in total. The van der Waals surface area contributed by atoms with E-state index in [0.717, 1.165) is 12.0 Å². The maximum absolute atomic E-state index is 9.88. The lowest BCUT2D eigenvalue weighted by Gasteiger charge is -2.38. The third kappa shape index (κ3) is 1.64. The fourth-order valence-corrected chi connectivity index (χ4v) is 2.17. The highest BCUT2D eigenvalue weighted by atomic mass is 16.3. The van der Waals surface area contributed by atoms with E-state index in [2.05, 4.69) is 20.4 Å². The fraction of sp³-hybridized carbons (Fsp3) is 0.800. The van der Waals surface area contributed by atoms with E-state index in [0.29, 0.717) is 11.8 Å². The summed E-state index contributed by atoms with van der Waals surface area (Å²) in [4.78, 5) is 0. The molecule has 0 aromatic heterocycles. The zero-order chi connectivity index (χ0) is 8.65. The second-order valence-corrected chi connectivity index (χ2v) is 4.25. The first-order valence-electron chi connectivity index (χ1n) is 4.35. The third-order valence-electron chi connectivity index (χ3n) is 2.79. The topological polar surface area (TPSA) is 20.2 Å². The monoisotopic (exact) mass is 154 g/mol. The number of hydrogen-bond acceptors (Lipinski definition) is 1. The lowest BCUT2D eigenvalue weighted by Crippen LogP contribution is -2.37. The van der Waals surface area contributed by atoms with Crippen LogP contribution in [0.3, 0.4) is 0 Å². The SMILES string of the molecule is C=C1C(C)CC(C)CC1(C)O. The van der Waals surface area contributed by atoms with Crippen LogP contribution in [0.15, 0.2) is 12.2 Å². The molecule has 3 atom stereocenters. The molecule has 1 rings (SSSR count). The van der Waals surface area contributed by atoms with Crippen molar-refractivity contribution in [3.8, 4) is 0 Å². The molecule has 0 heterocycles. The molecule has 1 aliphatic carbocycles. The Bertz CT molecular complexity index is 170. The van der Waals surface area contributed by atoms with Gasteiger partial charge in [-0.15, -0.1) is 0 Å². The molecule has 0 saturated heterocycles. The summed E-state index contributed by atoms with van der Waals surface area (Å²) in [5.74, 6) is 1.11. The van der Waals surface area contributed by atoms with Crippen LogP contribution in [0.5, 0.6) is 0 Å². The van der Waals surface area contributed by atoms with E-state index in [9.17, 15) is 5.11 Å². The molecular weight excluding hydrogens is 136 g/mol. The predicted molar refractivity (Wildman–Crippen MR) is 47.3 cm³/mol. The Morgan fingerprint density at radius 1 is 1.55 bits per heavy atom. The van der Waals surface area contributed by atoms with Gasteiger partial charge in [0.05, 0.1) is 5.60 Å². The van der Waals surface area contributed by atoms with Crippen LogP contribution in [0.2, 0.25) is 0 Å². The van der Waals surface area contributed by atoms with Crippen LogP contribution in [-0.4, -0.2) is 10.7 Å². The molecule has 0 aromatic carbocycles. The molecule has 0 bridgehead atoms. The average Bonchev–Trinajstić information content (AvgIpc) is 1.81. The van der Waals surface area contributed by atoms with E-state index in [1.54, 1.807) is 0 Å². The average molecular weight is 154 g/mol. The zero-order valence-electron chi connectivity index (χ0n) is 7.72. The molecule has 1 fully saturated rings. The number of rotatable bonds is 0. The molecule has 64 valence electrons. The summed E-state index contributed by atoms with van der Waals surface area (Å²) < 4.78 is 0. The van der Waals surface area contributed by atoms with Gasteiger partial charge in [0, 0.05) is 0 Å².